The van der Waals surface area contributed by atoms with Gasteiger partial charge in [0.25, 0.3) is 0 Å². The predicted molar refractivity (Wildman–Crippen MR) is 119 cm³/mol. The first kappa shape index (κ1) is 21.9. The number of nitrogens with zero attached hydrogens (tertiary/aromatic N) is 4. The molecule has 32 heavy (non-hydrogen) atoms. The molecule has 1 aromatic carbocycles. The van der Waals surface area contributed by atoms with E-state index in [0.29, 0.717) is 22.8 Å². The molecule has 0 amide bonds. The summed E-state index contributed by atoms with van der Waals surface area (Å²) in [5.41, 5.74) is 4.32. The summed E-state index contributed by atoms with van der Waals surface area (Å²) >= 11 is 0. The van der Waals surface area contributed by atoms with Crippen molar-refractivity contribution in [2.24, 2.45) is 0 Å². The van der Waals surface area contributed by atoms with Crippen LogP contribution >= 0.6 is 0 Å². The van der Waals surface area contributed by atoms with Crippen LogP contribution < -0.4 is 0 Å². The summed E-state index contributed by atoms with van der Waals surface area (Å²) in [6.45, 7) is 4.78. The third-order valence-corrected chi connectivity index (χ3v) is 5.29. The summed E-state index contributed by atoms with van der Waals surface area (Å²) in [5, 5.41) is 0.638. The molecule has 1 aliphatic heterocycles. The topological polar surface area (TPSA) is 60.8 Å². The molecule has 1 unspecified atom stereocenters. The first-order valence-corrected chi connectivity index (χ1v) is 10.6. The summed E-state index contributed by atoms with van der Waals surface area (Å²) in [6.07, 6.45) is 7.15. The molecule has 1 saturated heterocycles. The molecule has 0 N–H and O–H groups in total. The maximum Gasteiger partial charge on any atom is 0.163 e. The highest BCUT2D eigenvalue weighted by molar-refractivity contribution is 5.90. The molecule has 0 aliphatic carbocycles. The molecular weight excluding hydrogens is 410 g/mol. The predicted octanol–water partition coefficient (Wildman–Crippen LogP) is 5.91. The number of benzene rings is 1. The normalized spacial score (nSPS) is 15.8. The Bertz CT molecular complexity index is 1230. The maximum absolute atomic E-state index is 13.8. The van der Waals surface area contributed by atoms with Gasteiger partial charge in [-0.25, -0.2) is 23.7 Å². The van der Waals surface area contributed by atoms with Crippen LogP contribution in [0.5, 0.6) is 0 Å². The number of aryl methyl sites for hydroxylation is 2. The van der Waals surface area contributed by atoms with Crippen LogP contribution in [0.1, 0.15) is 42.3 Å². The van der Waals surface area contributed by atoms with Gasteiger partial charge in [-0.2, -0.15) is 0 Å². The largest absolute Gasteiger partial charge is 0.374 e. The van der Waals surface area contributed by atoms with Gasteiger partial charge in [0.15, 0.2) is 5.65 Å². The molecule has 1 aliphatic rings. The summed E-state index contributed by atoms with van der Waals surface area (Å²) in [6, 6.07) is 11.2. The lowest BCUT2D eigenvalue weighted by Gasteiger charge is -2.22. The molecule has 1 fully saturated rings. The smallest absolute Gasteiger partial charge is 0.163 e. The third-order valence-electron chi connectivity index (χ3n) is 5.29. The second kappa shape index (κ2) is 9.87. The van der Waals surface area contributed by atoms with Crippen LogP contribution in [-0.4, -0.2) is 26.5 Å². The molecule has 3 aromatic heterocycles. The monoisotopic (exact) mass is 434 g/mol. The molecule has 5 nitrogen and oxygen atoms in total. The van der Waals surface area contributed by atoms with Crippen LogP contribution in [0.4, 0.5) is 8.78 Å². The molecule has 0 spiro atoms. The molecule has 5 rings (SSSR count). The minimum absolute atomic E-state index is 0.236. The van der Waals surface area contributed by atoms with Gasteiger partial charge in [-0.3, -0.25) is 4.98 Å². The Kier molecular flexibility index (Phi) is 6.75. The second-order valence-electron chi connectivity index (χ2n) is 7.76. The molecule has 0 saturated carbocycles. The van der Waals surface area contributed by atoms with Crippen molar-refractivity contribution in [3.8, 4) is 11.3 Å². The van der Waals surface area contributed by atoms with Crippen molar-refractivity contribution < 1.29 is 13.5 Å². The van der Waals surface area contributed by atoms with E-state index < -0.39 is 11.6 Å². The van der Waals surface area contributed by atoms with Crippen LogP contribution in [0.3, 0.4) is 0 Å². The van der Waals surface area contributed by atoms with Crippen LogP contribution in [0.25, 0.3) is 22.3 Å². The van der Waals surface area contributed by atoms with E-state index in [2.05, 4.69) is 32.1 Å². The van der Waals surface area contributed by atoms with Crippen molar-refractivity contribution in [2.75, 3.05) is 6.61 Å². The number of hydrogen-bond donors (Lipinski definition) is 0. The quantitative estimate of drug-likeness (QED) is 0.392. The zero-order valence-corrected chi connectivity index (χ0v) is 18.1. The minimum atomic E-state index is -0.652. The lowest BCUT2D eigenvalue weighted by molar-refractivity contribution is 0.0149. The highest BCUT2D eigenvalue weighted by Crippen LogP contribution is 2.28. The zero-order valence-electron chi connectivity index (χ0n) is 18.1. The van der Waals surface area contributed by atoms with Crippen LogP contribution in [0.15, 0.2) is 55.0 Å². The Balaban J connectivity index is 0.000000165. The lowest BCUT2D eigenvalue weighted by Crippen LogP contribution is -2.11. The van der Waals surface area contributed by atoms with E-state index in [1.807, 2.05) is 20.0 Å². The average molecular weight is 434 g/mol. The summed E-state index contributed by atoms with van der Waals surface area (Å²) in [5.74, 6) is -1.27. The molecule has 1 atom stereocenters. The molecule has 4 heterocycles. The summed E-state index contributed by atoms with van der Waals surface area (Å²) < 4.78 is 32.5. The Morgan fingerprint density at radius 2 is 1.78 bits per heavy atom. The molecular formula is C25H24F2N4O. The van der Waals surface area contributed by atoms with E-state index in [1.165, 1.54) is 36.9 Å². The first-order valence-electron chi connectivity index (χ1n) is 10.6. The number of halogens is 2. The van der Waals surface area contributed by atoms with Gasteiger partial charge in [-0.15, -0.1) is 0 Å². The van der Waals surface area contributed by atoms with Gasteiger partial charge in [-0.05, 0) is 75.1 Å². The number of ether oxygens (including phenoxy) is 1. The maximum atomic E-state index is 13.8. The molecule has 7 heteroatoms. The molecule has 0 bridgehead atoms. The summed E-state index contributed by atoms with van der Waals surface area (Å²) in [7, 11) is 0. The van der Waals surface area contributed by atoms with Crippen molar-refractivity contribution >= 4 is 11.0 Å². The van der Waals surface area contributed by atoms with E-state index in [4.69, 9.17) is 4.74 Å². The van der Waals surface area contributed by atoms with Crippen molar-refractivity contribution in [1.82, 2.24) is 19.9 Å². The standard InChI is InChI=1S/C14H9F2N3.C11H15NO/c1-8-2-4-11-13(17-7-18-14(11)19-8)10-5-3-9(15)6-12(10)16;1-9-8-10(5-6-12-9)11-4-2-3-7-13-11/h2-7H,1H3;5-6,8,11H,2-4,7H2,1H3. The van der Waals surface area contributed by atoms with E-state index in [9.17, 15) is 8.78 Å². The number of fused-ring (bicyclic) bond motifs is 1. The van der Waals surface area contributed by atoms with Gasteiger partial charge in [0.05, 0.1) is 11.8 Å². The molecule has 0 radical (unpaired) electrons. The minimum Gasteiger partial charge on any atom is -0.374 e. The Morgan fingerprint density at radius 1 is 0.906 bits per heavy atom. The summed E-state index contributed by atoms with van der Waals surface area (Å²) in [4.78, 5) is 16.6. The van der Waals surface area contributed by atoms with E-state index >= 15 is 0 Å². The number of pyridine rings is 2. The Labute approximate surface area is 185 Å². The Morgan fingerprint density at radius 3 is 2.53 bits per heavy atom. The first-order chi connectivity index (χ1) is 15.5. The van der Waals surface area contributed by atoms with Gasteiger partial charge >= 0.3 is 0 Å². The average Bonchev–Trinajstić information content (AvgIpc) is 2.80. The van der Waals surface area contributed by atoms with Crippen molar-refractivity contribution in [3.63, 3.8) is 0 Å². The number of hydrogen-bond acceptors (Lipinski definition) is 5. The van der Waals surface area contributed by atoms with Crippen molar-refractivity contribution in [1.29, 1.82) is 0 Å². The molecule has 164 valence electrons. The van der Waals surface area contributed by atoms with Crippen LogP contribution in [-0.2, 0) is 4.74 Å². The number of rotatable bonds is 2. The van der Waals surface area contributed by atoms with Crippen molar-refractivity contribution in [2.45, 2.75) is 39.2 Å². The fourth-order valence-electron chi connectivity index (χ4n) is 3.70. The van der Waals surface area contributed by atoms with Gasteiger partial charge < -0.3 is 4.74 Å². The highest BCUT2D eigenvalue weighted by Gasteiger charge is 2.15. The number of aromatic nitrogens is 4. The SMILES string of the molecule is Cc1cc(C2CCCCO2)ccn1.Cc1ccc2c(-c3ccc(F)cc3F)ncnc2n1. The third kappa shape index (κ3) is 5.11. The van der Waals surface area contributed by atoms with Crippen LogP contribution in [0.2, 0.25) is 0 Å². The fourth-order valence-corrected chi connectivity index (χ4v) is 3.70. The van der Waals surface area contributed by atoms with E-state index in [1.54, 1.807) is 12.1 Å². The van der Waals surface area contributed by atoms with Gasteiger partial charge in [0.1, 0.15) is 18.0 Å². The lowest BCUT2D eigenvalue weighted by atomic mass is 10.0. The van der Waals surface area contributed by atoms with Gasteiger partial charge in [-0.1, -0.05) is 0 Å². The zero-order chi connectivity index (χ0) is 22.5. The van der Waals surface area contributed by atoms with Gasteiger partial charge in [0.2, 0.25) is 0 Å². The highest BCUT2D eigenvalue weighted by atomic mass is 19.1. The van der Waals surface area contributed by atoms with E-state index in [0.717, 1.165) is 30.5 Å². The second-order valence-corrected chi connectivity index (χ2v) is 7.76. The molecule has 4 aromatic rings. The van der Waals surface area contributed by atoms with Crippen LogP contribution in [0, 0.1) is 25.5 Å². The van der Waals surface area contributed by atoms with Gasteiger partial charge in [0, 0.05) is 41.2 Å². The van der Waals surface area contributed by atoms with E-state index in [-0.39, 0.29) is 5.56 Å². The van der Waals surface area contributed by atoms with Crippen molar-refractivity contribution in [3.05, 3.63) is 83.6 Å². The fraction of sp³-hybridized carbons (Fsp3) is 0.280. The Hall–Kier alpha value is -3.32.